The Balaban J connectivity index is 1.60. The molecule has 0 bridgehead atoms. The standard InChI is InChI=1S/C27H30N4O3Si/c1-33-26-19(8-7-11-24(26)32)18-12-13-23-20(16-18)25(27-28-21-9-5-6-10-22(21)29-27)30-31(23)17-34-14-15-35(2,3)4/h5-13,16,32H,14-15,17H2,1-4H3,(H,28,29). The molecule has 2 heterocycles. The van der Waals surface area contributed by atoms with E-state index in [0.29, 0.717) is 18.3 Å². The number of para-hydroxylation sites is 3. The second kappa shape index (κ2) is 9.20. The number of fused-ring (bicyclic) bond motifs is 2. The monoisotopic (exact) mass is 486 g/mol. The van der Waals surface area contributed by atoms with Gasteiger partial charge in [-0.3, -0.25) is 0 Å². The van der Waals surface area contributed by atoms with Gasteiger partial charge in [-0.05, 0) is 41.9 Å². The SMILES string of the molecule is COc1c(O)cccc1-c1ccc2c(c1)c(-c1nc3ccccc3[nH]1)nn2COCC[Si](C)(C)C. The number of phenols is 1. The Hall–Kier alpha value is -3.62. The van der Waals surface area contributed by atoms with Crippen LogP contribution in [0.4, 0.5) is 0 Å². The summed E-state index contributed by atoms with van der Waals surface area (Å²) in [7, 11) is 0.386. The summed E-state index contributed by atoms with van der Waals surface area (Å²) in [4.78, 5) is 8.20. The molecular formula is C27H30N4O3Si. The van der Waals surface area contributed by atoms with Gasteiger partial charge in [0.25, 0.3) is 0 Å². The van der Waals surface area contributed by atoms with Crippen molar-refractivity contribution in [1.29, 1.82) is 0 Å². The maximum atomic E-state index is 10.3. The molecular weight excluding hydrogens is 456 g/mol. The molecule has 8 heteroatoms. The average molecular weight is 487 g/mol. The van der Waals surface area contributed by atoms with E-state index in [-0.39, 0.29) is 5.75 Å². The third kappa shape index (κ3) is 4.67. The van der Waals surface area contributed by atoms with Gasteiger partial charge in [-0.2, -0.15) is 5.10 Å². The number of benzene rings is 3. The lowest BCUT2D eigenvalue weighted by molar-refractivity contribution is 0.0818. The van der Waals surface area contributed by atoms with E-state index in [2.05, 4.69) is 30.7 Å². The van der Waals surface area contributed by atoms with Crippen molar-refractivity contribution in [2.24, 2.45) is 0 Å². The Morgan fingerprint density at radius 3 is 2.63 bits per heavy atom. The summed E-state index contributed by atoms with van der Waals surface area (Å²) in [6.07, 6.45) is 0. The molecule has 0 saturated carbocycles. The number of nitrogens with one attached hydrogen (secondary N) is 1. The van der Waals surface area contributed by atoms with E-state index in [0.717, 1.165) is 51.4 Å². The smallest absolute Gasteiger partial charge is 0.168 e. The van der Waals surface area contributed by atoms with E-state index in [1.807, 2.05) is 53.2 Å². The van der Waals surface area contributed by atoms with E-state index in [1.54, 1.807) is 13.2 Å². The van der Waals surface area contributed by atoms with Crippen LogP contribution in [0.5, 0.6) is 11.5 Å². The Bertz CT molecular complexity index is 1470. The van der Waals surface area contributed by atoms with Crippen molar-refractivity contribution in [3.8, 4) is 34.1 Å². The highest BCUT2D eigenvalue weighted by atomic mass is 28.3. The minimum atomic E-state index is -1.18. The van der Waals surface area contributed by atoms with Gasteiger partial charge in [-0.15, -0.1) is 0 Å². The predicted molar refractivity (Wildman–Crippen MR) is 143 cm³/mol. The van der Waals surface area contributed by atoms with Crippen molar-refractivity contribution in [2.45, 2.75) is 32.4 Å². The third-order valence-corrected chi connectivity index (χ3v) is 7.79. The second-order valence-corrected chi connectivity index (χ2v) is 15.5. The lowest BCUT2D eigenvalue weighted by Gasteiger charge is -2.15. The fraction of sp³-hybridized carbons (Fsp3) is 0.259. The van der Waals surface area contributed by atoms with Gasteiger partial charge in [0.2, 0.25) is 0 Å². The topological polar surface area (TPSA) is 85.2 Å². The molecule has 2 aromatic heterocycles. The van der Waals surface area contributed by atoms with Gasteiger partial charge < -0.3 is 19.6 Å². The van der Waals surface area contributed by atoms with Crippen molar-refractivity contribution in [1.82, 2.24) is 19.7 Å². The summed E-state index contributed by atoms with van der Waals surface area (Å²) >= 11 is 0. The van der Waals surface area contributed by atoms with Gasteiger partial charge in [0.15, 0.2) is 17.3 Å². The Morgan fingerprint density at radius 1 is 1.03 bits per heavy atom. The van der Waals surface area contributed by atoms with Gasteiger partial charge in [0.05, 0.1) is 23.7 Å². The first-order valence-corrected chi connectivity index (χ1v) is 15.4. The van der Waals surface area contributed by atoms with Crippen LogP contribution in [0.1, 0.15) is 0 Å². The first kappa shape index (κ1) is 23.1. The maximum Gasteiger partial charge on any atom is 0.168 e. The maximum absolute atomic E-state index is 10.3. The highest BCUT2D eigenvalue weighted by Crippen LogP contribution is 2.39. The minimum absolute atomic E-state index is 0.106. The average Bonchev–Trinajstić information content (AvgIpc) is 3.42. The highest BCUT2D eigenvalue weighted by Gasteiger charge is 2.19. The van der Waals surface area contributed by atoms with Crippen molar-refractivity contribution in [3.05, 3.63) is 60.7 Å². The van der Waals surface area contributed by atoms with E-state index in [1.165, 1.54) is 0 Å². The van der Waals surface area contributed by atoms with Crippen LogP contribution < -0.4 is 4.74 Å². The summed E-state index contributed by atoms with van der Waals surface area (Å²) in [5.41, 5.74) is 5.29. The number of ether oxygens (including phenoxy) is 2. The number of hydrogen-bond acceptors (Lipinski definition) is 5. The quantitative estimate of drug-likeness (QED) is 0.199. The number of aromatic hydroxyl groups is 1. The Morgan fingerprint density at radius 2 is 1.86 bits per heavy atom. The van der Waals surface area contributed by atoms with Gasteiger partial charge in [-0.1, -0.05) is 50.0 Å². The van der Waals surface area contributed by atoms with Gasteiger partial charge in [0, 0.05) is 25.6 Å². The lowest BCUT2D eigenvalue weighted by atomic mass is 10.0. The lowest BCUT2D eigenvalue weighted by Crippen LogP contribution is -2.22. The van der Waals surface area contributed by atoms with E-state index in [9.17, 15) is 5.11 Å². The molecule has 0 aliphatic carbocycles. The van der Waals surface area contributed by atoms with Crippen LogP contribution in [0.2, 0.25) is 25.7 Å². The number of aromatic amines is 1. The number of phenolic OH excluding ortho intramolecular Hbond substituents is 1. The van der Waals surface area contributed by atoms with Crippen molar-refractivity contribution in [2.75, 3.05) is 13.7 Å². The fourth-order valence-corrected chi connectivity index (χ4v) is 4.94. The molecule has 7 nitrogen and oxygen atoms in total. The van der Waals surface area contributed by atoms with Crippen molar-refractivity contribution < 1.29 is 14.6 Å². The molecule has 0 spiro atoms. The normalized spacial score (nSPS) is 12.0. The zero-order valence-corrected chi connectivity index (χ0v) is 21.5. The molecule has 0 aliphatic rings. The number of methoxy groups -OCH3 is 1. The molecule has 3 aromatic carbocycles. The fourth-order valence-electron chi connectivity index (χ4n) is 4.18. The van der Waals surface area contributed by atoms with Crippen LogP contribution in [0.25, 0.3) is 44.6 Å². The number of aromatic nitrogens is 4. The number of imidazole rings is 1. The number of hydrogen-bond donors (Lipinski definition) is 2. The molecule has 5 aromatic rings. The molecule has 2 N–H and O–H groups in total. The predicted octanol–water partition coefficient (Wildman–Crippen LogP) is 6.27. The zero-order valence-electron chi connectivity index (χ0n) is 20.5. The van der Waals surface area contributed by atoms with Crippen LogP contribution in [-0.4, -0.2) is 46.6 Å². The zero-order chi connectivity index (χ0) is 24.6. The molecule has 0 amide bonds. The van der Waals surface area contributed by atoms with Crippen LogP contribution in [0, 0.1) is 0 Å². The molecule has 180 valence electrons. The molecule has 0 aliphatic heterocycles. The second-order valence-electron chi connectivity index (χ2n) is 9.89. The van der Waals surface area contributed by atoms with Crippen LogP contribution in [0.3, 0.4) is 0 Å². The van der Waals surface area contributed by atoms with Crippen LogP contribution in [-0.2, 0) is 11.5 Å². The molecule has 0 fully saturated rings. The summed E-state index contributed by atoms with van der Waals surface area (Å²) in [6.45, 7) is 8.12. The molecule has 5 rings (SSSR count). The first-order chi connectivity index (χ1) is 16.8. The summed E-state index contributed by atoms with van der Waals surface area (Å²) < 4.78 is 13.4. The summed E-state index contributed by atoms with van der Waals surface area (Å²) in [6, 6.07) is 20.5. The first-order valence-electron chi connectivity index (χ1n) is 11.7. The van der Waals surface area contributed by atoms with Crippen LogP contribution >= 0.6 is 0 Å². The van der Waals surface area contributed by atoms with Crippen LogP contribution in [0.15, 0.2) is 60.7 Å². The Labute approximate surface area is 205 Å². The summed E-state index contributed by atoms with van der Waals surface area (Å²) in [5, 5.41) is 16.1. The summed E-state index contributed by atoms with van der Waals surface area (Å²) in [5.74, 6) is 1.25. The number of H-pyrrole nitrogens is 1. The molecule has 0 saturated heterocycles. The molecule has 0 unspecified atom stereocenters. The number of nitrogens with zero attached hydrogens (tertiary/aromatic N) is 3. The Kier molecular flexibility index (Phi) is 6.08. The minimum Gasteiger partial charge on any atom is -0.504 e. The van der Waals surface area contributed by atoms with Gasteiger partial charge in [-0.25, -0.2) is 9.67 Å². The highest BCUT2D eigenvalue weighted by molar-refractivity contribution is 6.76. The van der Waals surface area contributed by atoms with Gasteiger partial charge >= 0.3 is 0 Å². The van der Waals surface area contributed by atoms with E-state index >= 15 is 0 Å². The molecule has 0 radical (unpaired) electrons. The molecule has 0 atom stereocenters. The largest absolute Gasteiger partial charge is 0.504 e. The van der Waals surface area contributed by atoms with E-state index < -0.39 is 8.07 Å². The van der Waals surface area contributed by atoms with Crippen molar-refractivity contribution in [3.63, 3.8) is 0 Å². The van der Waals surface area contributed by atoms with E-state index in [4.69, 9.17) is 19.6 Å². The molecule has 35 heavy (non-hydrogen) atoms. The van der Waals surface area contributed by atoms with Gasteiger partial charge in [0.1, 0.15) is 12.4 Å². The third-order valence-electron chi connectivity index (χ3n) is 6.08. The number of rotatable bonds is 8. The van der Waals surface area contributed by atoms with Crippen molar-refractivity contribution >= 4 is 30.0 Å².